The molecule has 1 saturated heterocycles. The summed E-state index contributed by atoms with van der Waals surface area (Å²) in [6, 6.07) is 8.21. The first-order valence-corrected chi connectivity index (χ1v) is 9.80. The zero-order valence-electron chi connectivity index (χ0n) is 14.5. The monoisotopic (exact) mass is 411 g/mol. The normalized spacial score (nSPS) is 16.5. The largest absolute Gasteiger partial charge is 0.433 e. The van der Waals surface area contributed by atoms with Crippen molar-refractivity contribution < 1.29 is 21.6 Å². The van der Waals surface area contributed by atoms with E-state index in [1.165, 1.54) is 28.6 Å². The standard InChI is InChI=1S/C17H16F3N5O2S/c18-17(19,20)15-9-16(23-11-22-15)24-13-5-7-25(8-6-13)28(26,27)14-3-1-12(10-21)2-4-14/h1-4,9,11,13H,5-8H2,(H,22,23,24). The second-order valence-corrected chi connectivity index (χ2v) is 8.18. The number of hydrogen-bond acceptors (Lipinski definition) is 6. The van der Waals surface area contributed by atoms with Gasteiger partial charge >= 0.3 is 6.18 Å². The summed E-state index contributed by atoms with van der Waals surface area (Å²) < 4.78 is 64.9. The van der Waals surface area contributed by atoms with Gasteiger partial charge in [-0.15, -0.1) is 0 Å². The molecule has 2 aromatic rings. The lowest BCUT2D eigenvalue weighted by atomic mass is 10.1. The van der Waals surface area contributed by atoms with Gasteiger partial charge in [-0.3, -0.25) is 0 Å². The molecule has 0 amide bonds. The molecule has 0 radical (unpaired) electrons. The molecule has 1 aliphatic heterocycles. The van der Waals surface area contributed by atoms with Gasteiger partial charge in [-0.25, -0.2) is 18.4 Å². The number of sulfonamides is 1. The van der Waals surface area contributed by atoms with E-state index >= 15 is 0 Å². The van der Waals surface area contributed by atoms with Crippen LogP contribution in [0.3, 0.4) is 0 Å². The van der Waals surface area contributed by atoms with Gasteiger partial charge in [0.1, 0.15) is 17.8 Å². The Labute approximate surface area is 159 Å². The summed E-state index contributed by atoms with van der Waals surface area (Å²) in [4.78, 5) is 7.11. The van der Waals surface area contributed by atoms with Crippen molar-refractivity contribution in [1.82, 2.24) is 14.3 Å². The maximum Gasteiger partial charge on any atom is 0.433 e. The van der Waals surface area contributed by atoms with Crippen molar-refractivity contribution in [2.24, 2.45) is 0 Å². The summed E-state index contributed by atoms with van der Waals surface area (Å²) >= 11 is 0. The summed E-state index contributed by atoms with van der Waals surface area (Å²) in [5.41, 5.74) is -0.671. The Morgan fingerprint density at radius 1 is 1.14 bits per heavy atom. The highest BCUT2D eigenvalue weighted by Gasteiger charge is 2.33. The quantitative estimate of drug-likeness (QED) is 0.831. The van der Waals surface area contributed by atoms with Crippen LogP contribution in [0.2, 0.25) is 0 Å². The molecule has 3 rings (SSSR count). The summed E-state index contributed by atoms with van der Waals surface area (Å²) in [7, 11) is -3.69. The van der Waals surface area contributed by atoms with Crippen LogP contribution in [0.4, 0.5) is 19.0 Å². The van der Waals surface area contributed by atoms with Crippen molar-refractivity contribution in [3.05, 3.63) is 47.9 Å². The van der Waals surface area contributed by atoms with Gasteiger partial charge in [-0.1, -0.05) is 0 Å². The van der Waals surface area contributed by atoms with E-state index in [1.54, 1.807) is 0 Å². The number of rotatable bonds is 4. The molecule has 2 heterocycles. The summed E-state index contributed by atoms with van der Waals surface area (Å²) in [6.07, 6.45) is -2.88. The van der Waals surface area contributed by atoms with Crippen LogP contribution >= 0.6 is 0 Å². The number of anilines is 1. The van der Waals surface area contributed by atoms with E-state index < -0.39 is 21.9 Å². The maximum atomic E-state index is 12.7. The lowest BCUT2D eigenvalue weighted by molar-refractivity contribution is -0.141. The predicted molar refractivity (Wildman–Crippen MR) is 93.6 cm³/mol. The minimum absolute atomic E-state index is 0.0516. The first-order valence-electron chi connectivity index (χ1n) is 8.36. The zero-order chi connectivity index (χ0) is 20.4. The van der Waals surface area contributed by atoms with E-state index in [2.05, 4.69) is 15.3 Å². The number of aromatic nitrogens is 2. The second kappa shape index (κ2) is 7.73. The summed E-state index contributed by atoms with van der Waals surface area (Å²) in [5.74, 6) is 0.0516. The van der Waals surface area contributed by atoms with Gasteiger partial charge in [0.2, 0.25) is 10.0 Å². The predicted octanol–water partition coefficient (Wildman–Crippen LogP) is 2.63. The Bertz CT molecular complexity index is 979. The third-order valence-corrected chi connectivity index (χ3v) is 6.30. The molecule has 1 aliphatic rings. The molecule has 11 heteroatoms. The highest BCUT2D eigenvalue weighted by Crippen LogP contribution is 2.29. The molecule has 1 fully saturated rings. The SMILES string of the molecule is N#Cc1ccc(S(=O)(=O)N2CCC(Nc3cc(C(F)(F)F)ncn3)CC2)cc1. The van der Waals surface area contributed by atoms with E-state index in [9.17, 15) is 21.6 Å². The number of piperidine rings is 1. The smallest absolute Gasteiger partial charge is 0.367 e. The Morgan fingerprint density at radius 3 is 2.36 bits per heavy atom. The molecule has 0 spiro atoms. The third-order valence-electron chi connectivity index (χ3n) is 4.38. The topological polar surface area (TPSA) is 99.0 Å². The van der Waals surface area contributed by atoms with Crippen LogP contribution < -0.4 is 5.32 Å². The fourth-order valence-electron chi connectivity index (χ4n) is 2.89. The zero-order valence-corrected chi connectivity index (χ0v) is 15.3. The van der Waals surface area contributed by atoms with Gasteiger partial charge < -0.3 is 5.32 Å². The lowest BCUT2D eigenvalue weighted by Crippen LogP contribution is -2.42. The first-order chi connectivity index (χ1) is 13.2. The molecular formula is C17H16F3N5O2S. The van der Waals surface area contributed by atoms with E-state index in [4.69, 9.17) is 5.26 Å². The molecule has 1 N–H and O–H groups in total. The minimum atomic E-state index is -4.56. The highest BCUT2D eigenvalue weighted by molar-refractivity contribution is 7.89. The van der Waals surface area contributed by atoms with Gasteiger partial charge in [0, 0.05) is 25.2 Å². The van der Waals surface area contributed by atoms with Crippen LogP contribution in [-0.4, -0.2) is 41.8 Å². The summed E-state index contributed by atoms with van der Waals surface area (Å²) in [5, 5.41) is 11.7. The summed E-state index contributed by atoms with van der Waals surface area (Å²) in [6.45, 7) is 0.439. The average molecular weight is 411 g/mol. The van der Waals surface area contributed by atoms with Crippen molar-refractivity contribution in [2.75, 3.05) is 18.4 Å². The third kappa shape index (κ3) is 4.40. The molecule has 0 aliphatic carbocycles. The number of halogens is 3. The van der Waals surface area contributed by atoms with E-state index in [1.807, 2.05) is 6.07 Å². The van der Waals surface area contributed by atoms with Crippen LogP contribution in [0.15, 0.2) is 41.6 Å². The van der Waals surface area contributed by atoms with Crippen molar-refractivity contribution in [3.8, 4) is 6.07 Å². The first kappa shape index (κ1) is 20.0. The van der Waals surface area contributed by atoms with Crippen LogP contribution in [0.25, 0.3) is 0 Å². The lowest BCUT2D eigenvalue weighted by Gasteiger charge is -2.31. The van der Waals surface area contributed by atoms with Crippen LogP contribution in [0.1, 0.15) is 24.1 Å². The van der Waals surface area contributed by atoms with Gasteiger partial charge in [-0.2, -0.15) is 22.7 Å². The highest BCUT2D eigenvalue weighted by atomic mass is 32.2. The van der Waals surface area contributed by atoms with Crippen LogP contribution in [-0.2, 0) is 16.2 Å². The Hall–Kier alpha value is -2.71. The molecule has 0 bridgehead atoms. The number of hydrogen-bond donors (Lipinski definition) is 1. The molecule has 28 heavy (non-hydrogen) atoms. The van der Waals surface area contributed by atoms with Gasteiger partial charge in [0.05, 0.1) is 16.5 Å². The van der Waals surface area contributed by atoms with E-state index in [0.717, 1.165) is 12.4 Å². The van der Waals surface area contributed by atoms with Crippen LogP contribution in [0.5, 0.6) is 0 Å². The fourth-order valence-corrected chi connectivity index (χ4v) is 4.36. The molecule has 0 unspecified atom stereocenters. The maximum absolute atomic E-state index is 12.7. The second-order valence-electron chi connectivity index (χ2n) is 6.25. The molecule has 0 atom stereocenters. The van der Waals surface area contributed by atoms with Crippen molar-refractivity contribution in [1.29, 1.82) is 5.26 Å². The molecule has 148 valence electrons. The molecule has 1 aromatic heterocycles. The van der Waals surface area contributed by atoms with Gasteiger partial charge in [0.15, 0.2) is 0 Å². The Kier molecular flexibility index (Phi) is 5.53. The molecule has 0 saturated carbocycles. The van der Waals surface area contributed by atoms with Crippen molar-refractivity contribution >= 4 is 15.8 Å². The fraction of sp³-hybridized carbons (Fsp3) is 0.353. The van der Waals surface area contributed by atoms with Gasteiger partial charge in [-0.05, 0) is 37.1 Å². The Morgan fingerprint density at radius 2 is 1.79 bits per heavy atom. The minimum Gasteiger partial charge on any atom is -0.367 e. The molecule has 7 nitrogen and oxygen atoms in total. The molecule has 1 aromatic carbocycles. The Balaban J connectivity index is 1.63. The molecular weight excluding hydrogens is 395 g/mol. The average Bonchev–Trinajstić information content (AvgIpc) is 2.68. The number of nitrogens with one attached hydrogen (secondary N) is 1. The number of benzene rings is 1. The van der Waals surface area contributed by atoms with E-state index in [0.29, 0.717) is 18.4 Å². The van der Waals surface area contributed by atoms with Crippen molar-refractivity contribution in [3.63, 3.8) is 0 Å². The number of nitriles is 1. The number of alkyl halides is 3. The number of nitrogens with zero attached hydrogens (tertiary/aromatic N) is 4. The van der Waals surface area contributed by atoms with E-state index in [-0.39, 0.29) is 29.8 Å². The van der Waals surface area contributed by atoms with Crippen LogP contribution in [0, 0.1) is 11.3 Å². The van der Waals surface area contributed by atoms with Crippen molar-refractivity contribution in [2.45, 2.75) is 30.0 Å². The van der Waals surface area contributed by atoms with Gasteiger partial charge in [0.25, 0.3) is 0 Å².